The van der Waals surface area contributed by atoms with Crippen LogP contribution in [0.2, 0.25) is 9.36 Å². The molecule has 2 aromatic carbocycles. The number of carboxylic acids is 1. The maximum absolute atomic E-state index is 15.1. The van der Waals surface area contributed by atoms with Crippen LogP contribution in [0.5, 0.6) is 0 Å². The molecule has 2 aliphatic rings. The summed E-state index contributed by atoms with van der Waals surface area (Å²) >= 11 is 13.9. The molecule has 1 amide bonds. The molecule has 2 heterocycles. The summed E-state index contributed by atoms with van der Waals surface area (Å²) in [4.78, 5) is 28.1. The van der Waals surface area contributed by atoms with Gasteiger partial charge in [0, 0.05) is 9.90 Å². The van der Waals surface area contributed by atoms with Gasteiger partial charge in [-0.25, -0.2) is 12.8 Å². The monoisotopic (exact) mass is 654 g/mol. The molecule has 42 heavy (non-hydrogen) atoms. The predicted octanol–water partition coefficient (Wildman–Crippen LogP) is 6.46. The summed E-state index contributed by atoms with van der Waals surface area (Å²) in [5.74, 6) is -2.53. The fourth-order valence-electron chi connectivity index (χ4n) is 5.32. The fraction of sp³-hybridized carbons (Fsp3) is 0.379. The van der Waals surface area contributed by atoms with Crippen LogP contribution in [0.1, 0.15) is 55.2 Å². The summed E-state index contributed by atoms with van der Waals surface area (Å²) in [6.07, 6.45) is -1.58. The summed E-state index contributed by atoms with van der Waals surface area (Å²) in [6.45, 7) is 1.56. The first-order valence-electron chi connectivity index (χ1n) is 13.5. The Morgan fingerprint density at radius 1 is 1.17 bits per heavy atom. The third-order valence-electron chi connectivity index (χ3n) is 7.47. The average Bonchev–Trinajstić information content (AvgIpc) is 3.73. The molecule has 3 aromatic rings. The maximum atomic E-state index is 15.1. The number of halogens is 3. The quantitative estimate of drug-likeness (QED) is 0.255. The van der Waals surface area contributed by atoms with Crippen molar-refractivity contribution in [2.24, 2.45) is 0 Å². The zero-order valence-electron chi connectivity index (χ0n) is 22.5. The molecular formula is C29H29Cl2FN2O6S2. The number of carbonyl (C=O) groups excluding carboxylic acids is 1. The molecule has 1 aromatic heterocycles. The number of anilines is 1. The number of para-hydroxylation sites is 1. The number of nitrogens with zero attached hydrogens (tertiary/aromatic N) is 2. The van der Waals surface area contributed by atoms with Gasteiger partial charge in [0.25, 0.3) is 5.91 Å². The number of carboxylic acid groups (broad SMARTS) is 1. The van der Waals surface area contributed by atoms with Crippen LogP contribution in [0.25, 0.3) is 0 Å². The van der Waals surface area contributed by atoms with E-state index in [-0.39, 0.29) is 18.7 Å². The van der Waals surface area contributed by atoms with Crippen LogP contribution < -0.4 is 4.31 Å². The van der Waals surface area contributed by atoms with Crippen molar-refractivity contribution in [2.45, 2.75) is 62.1 Å². The number of aliphatic carboxylic acids is 1. The minimum absolute atomic E-state index is 0.104. The van der Waals surface area contributed by atoms with Crippen LogP contribution in [-0.2, 0) is 24.3 Å². The number of morpholine rings is 1. The highest BCUT2D eigenvalue weighted by molar-refractivity contribution is 7.93. The van der Waals surface area contributed by atoms with E-state index >= 15 is 4.39 Å². The first kappa shape index (κ1) is 30.7. The SMILES string of the molecule is CCC(CN(c1ccccc1F)S(=O)(=O)C1CC1)N1C(=O)[C@H](CC(=O)O)O[C@H](c2cccc(Cl)c2)[C@H]1c1ccc(Cl)s1. The van der Waals surface area contributed by atoms with Crippen molar-refractivity contribution in [3.05, 3.63) is 86.3 Å². The number of amides is 1. The van der Waals surface area contributed by atoms with Gasteiger partial charge in [0.05, 0.1) is 40.3 Å². The van der Waals surface area contributed by atoms with E-state index < -0.39 is 63.7 Å². The van der Waals surface area contributed by atoms with Gasteiger partial charge >= 0.3 is 5.97 Å². The molecule has 1 saturated carbocycles. The Labute approximate surface area is 257 Å². The lowest BCUT2D eigenvalue weighted by Crippen LogP contribution is -2.58. The van der Waals surface area contributed by atoms with Crippen LogP contribution in [0.15, 0.2) is 60.7 Å². The number of hydrogen-bond acceptors (Lipinski definition) is 6. The molecule has 4 atom stereocenters. The van der Waals surface area contributed by atoms with Crippen molar-refractivity contribution in [3.8, 4) is 0 Å². The van der Waals surface area contributed by atoms with Crippen molar-refractivity contribution in [3.63, 3.8) is 0 Å². The Hall–Kier alpha value is -2.70. The molecule has 1 aliphatic heterocycles. The van der Waals surface area contributed by atoms with Crippen molar-refractivity contribution >= 4 is 62.1 Å². The number of benzene rings is 2. The summed E-state index contributed by atoms with van der Waals surface area (Å²) in [7, 11) is -3.95. The molecule has 0 radical (unpaired) electrons. The van der Waals surface area contributed by atoms with Crippen LogP contribution in [-0.4, -0.2) is 54.2 Å². The van der Waals surface area contributed by atoms with Gasteiger partial charge in [-0.2, -0.15) is 0 Å². The molecule has 0 bridgehead atoms. The second kappa shape index (κ2) is 12.5. The van der Waals surface area contributed by atoms with Gasteiger partial charge in [0.15, 0.2) is 0 Å². The van der Waals surface area contributed by atoms with Gasteiger partial charge in [-0.05, 0) is 61.2 Å². The summed E-state index contributed by atoms with van der Waals surface area (Å²) in [5, 5.41) is 9.42. The van der Waals surface area contributed by atoms with E-state index in [9.17, 15) is 23.1 Å². The summed E-state index contributed by atoms with van der Waals surface area (Å²) in [5.41, 5.74) is 0.504. The Kier molecular flexibility index (Phi) is 9.15. The molecule has 2 fully saturated rings. The number of thiophene rings is 1. The number of hydrogen-bond donors (Lipinski definition) is 1. The molecule has 1 aliphatic carbocycles. The van der Waals surface area contributed by atoms with E-state index in [1.165, 1.54) is 34.4 Å². The number of sulfonamides is 1. The first-order chi connectivity index (χ1) is 20.0. The van der Waals surface area contributed by atoms with Crippen LogP contribution in [0.3, 0.4) is 0 Å². The highest BCUT2D eigenvalue weighted by Crippen LogP contribution is 2.47. The third-order valence-corrected chi connectivity index (χ3v) is 11.3. The van der Waals surface area contributed by atoms with E-state index in [1.54, 1.807) is 49.4 Å². The smallest absolute Gasteiger partial charge is 0.306 e. The molecule has 1 saturated heterocycles. The van der Waals surface area contributed by atoms with Gasteiger partial charge in [0.1, 0.15) is 18.0 Å². The Morgan fingerprint density at radius 2 is 1.90 bits per heavy atom. The first-order valence-corrected chi connectivity index (χ1v) is 16.5. The second-order valence-corrected chi connectivity index (χ2v) is 14.6. The van der Waals surface area contributed by atoms with Gasteiger partial charge in [-0.3, -0.25) is 13.9 Å². The van der Waals surface area contributed by atoms with Crippen LogP contribution in [0, 0.1) is 5.82 Å². The van der Waals surface area contributed by atoms with E-state index in [4.69, 9.17) is 27.9 Å². The number of carbonyl (C=O) groups is 2. The van der Waals surface area contributed by atoms with Crippen molar-refractivity contribution in [2.75, 3.05) is 10.8 Å². The molecule has 5 rings (SSSR count). The fourth-order valence-corrected chi connectivity index (χ4v) is 8.60. The topological polar surface area (TPSA) is 104 Å². The van der Waals surface area contributed by atoms with Crippen LogP contribution >= 0.6 is 34.5 Å². The average molecular weight is 656 g/mol. The molecule has 1 N–H and O–H groups in total. The van der Waals surface area contributed by atoms with E-state index in [2.05, 4.69) is 0 Å². The normalized spacial score (nSPS) is 21.8. The van der Waals surface area contributed by atoms with Gasteiger partial charge in [-0.15, -0.1) is 11.3 Å². The Morgan fingerprint density at radius 3 is 2.50 bits per heavy atom. The maximum Gasteiger partial charge on any atom is 0.306 e. The summed E-state index contributed by atoms with van der Waals surface area (Å²) in [6, 6.07) is 14.4. The minimum Gasteiger partial charge on any atom is -0.481 e. The minimum atomic E-state index is -3.95. The summed E-state index contributed by atoms with van der Waals surface area (Å²) < 4.78 is 50.2. The van der Waals surface area contributed by atoms with Crippen molar-refractivity contribution < 1.29 is 32.2 Å². The van der Waals surface area contributed by atoms with Gasteiger partial charge < -0.3 is 14.7 Å². The van der Waals surface area contributed by atoms with Crippen molar-refractivity contribution in [1.82, 2.24) is 4.90 Å². The lowest BCUT2D eigenvalue weighted by Gasteiger charge is -2.48. The zero-order valence-corrected chi connectivity index (χ0v) is 25.7. The lowest BCUT2D eigenvalue weighted by molar-refractivity contribution is -0.182. The Bertz CT molecular complexity index is 1580. The molecular weight excluding hydrogens is 626 g/mol. The van der Waals surface area contributed by atoms with Crippen LogP contribution in [0.4, 0.5) is 10.1 Å². The number of ether oxygens (including phenoxy) is 1. The molecule has 13 heteroatoms. The molecule has 1 unspecified atom stereocenters. The van der Waals surface area contributed by atoms with E-state index in [1.807, 2.05) is 0 Å². The number of rotatable bonds is 11. The van der Waals surface area contributed by atoms with E-state index in [0.29, 0.717) is 32.6 Å². The second-order valence-electron chi connectivity index (χ2n) is 10.3. The van der Waals surface area contributed by atoms with Crippen molar-refractivity contribution in [1.29, 1.82) is 0 Å². The van der Waals surface area contributed by atoms with E-state index in [0.717, 1.165) is 4.31 Å². The highest BCUT2D eigenvalue weighted by Gasteiger charge is 2.49. The third kappa shape index (κ3) is 6.30. The van der Waals surface area contributed by atoms with Gasteiger partial charge in [0.2, 0.25) is 10.0 Å². The highest BCUT2D eigenvalue weighted by atomic mass is 35.5. The standard InChI is InChI=1S/C29H29Cl2FN2O6S2/c1-2-19(16-33(42(38,39)20-10-11-20)22-9-4-3-8-21(22)32)34-27(24-12-13-25(31)41-24)28(17-6-5-7-18(30)14-17)40-23(29(34)37)15-26(35)36/h3-9,12-14,19-20,23,27-28H,2,10-11,15-16H2,1H3,(H,35,36)/t19?,23-,27+,28+/m0/s1. The lowest BCUT2D eigenvalue weighted by atomic mass is 9.93. The van der Waals surface area contributed by atoms with Gasteiger partial charge in [-0.1, -0.05) is 54.4 Å². The predicted molar refractivity (Wildman–Crippen MR) is 160 cm³/mol. The molecule has 0 spiro atoms. The molecule has 8 nitrogen and oxygen atoms in total. The molecule has 224 valence electrons. The Balaban J connectivity index is 1.64. The zero-order chi connectivity index (χ0) is 30.2. The largest absolute Gasteiger partial charge is 0.481 e.